The fraction of sp³-hybridized carbons (Fsp3) is 0.650. The predicted octanol–water partition coefficient (Wildman–Crippen LogP) is 6.43. The highest BCUT2D eigenvalue weighted by molar-refractivity contribution is 7.90. The van der Waals surface area contributed by atoms with Gasteiger partial charge >= 0.3 is 0 Å². The standard InChI is InChI=1S/C20H31Cl3N2O3S/c1-2-3-4-5-6-7-8-9-10-11-12-24-29(27,28)15-19(26)25-20-17(22)13-16(21)14-18(20)23/h13-14,24H,2-12,15H2,1H3,(H,25,26). The Hall–Kier alpha value is -0.530. The summed E-state index contributed by atoms with van der Waals surface area (Å²) in [5, 5.41) is 3.04. The fourth-order valence-corrected chi connectivity index (χ4v) is 4.79. The van der Waals surface area contributed by atoms with Gasteiger partial charge in [-0.3, -0.25) is 4.79 Å². The number of carbonyl (C=O) groups excluding carboxylic acids is 1. The Morgan fingerprint density at radius 3 is 1.86 bits per heavy atom. The van der Waals surface area contributed by atoms with Crippen LogP contribution in [0.1, 0.15) is 71.1 Å². The number of amides is 1. The molecule has 1 aromatic carbocycles. The van der Waals surface area contributed by atoms with Crippen molar-refractivity contribution in [2.45, 2.75) is 71.1 Å². The summed E-state index contributed by atoms with van der Waals surface area (Å²) in [4.78, 5) is 12.0. The SMILES string of the molecule is CCCCCCCCCCCCNS(=O)(=O)CC(=O)Nc1c(Cl)cc(Cl)cc1Cl. The Balaban J connectivity index is 2.21. The molecule has 29 heavy (non-hydrogen) atoms. The van der Waals surface area contributed by atoms with Gasteiger partial charge in [-0.15, -0.1) is 0 Å². The molecule has 0 saturated heterocycles. The number of hydrogen-bond acceptors (Lipinski definition) is 3. The van der Waals surface area contributed by atoms with E-state index in [0.29, 0.717) is 11.6 Å². The molecule has 0 aliphatic heterocycles. The Bertz CT molecular complexity index is 719. The summed E-state index contributed by atoms with van der Waals surface area (Å²) < 4.78 is 26.6. The maximum Gasteiger partial charge on any atom is 0.241 e. The maximum atomic E-state index is 12.1. The molecule has 1 aromatic rings. The van der Waals surface area contributed by atoms with Gasteiger partial charge in [0.15, 0.2) is 0 Å². The van der Waals surface area contributed by atoms with Crippen molar-refractivity contribution in [1.82, 2.24) is 4.72 Å². The number of hydrogen-bond donors (Lipinski definition) is 2. The lowest BCUT2D eigenvalue weighted by Crippen LogP contribution is -2.33. The first-order valence-electron chi connectivity index (χ1n) is 10.2. The van der Waals surface area contributed by atoms with Gasteiger partial charge in [0, 0.05) is 11.6 Å². The summed E-state index contributed by atoms with van der Waals surface area (Å²) in [6.07, 6.45) is 11.7. The van der Waals surface area contributed by atoms with Crippen LogP contribution in [-0.4, -0.2) is 26.6 Å². The fourth-order valence-electron chi connectivity index (χ4n) is 2.90. The molecule has 0 spiro atoms. The normalized spacial score (nSPS) is 11.6. The molecular formula is C20H31Cl3N2O3S. The van der Waals surface area contributed by atoms with Crippen molar-refractivity contribution in [1.29, 1.82) is 0 Å². The summed E-state index contributed by atoms with van der Waals surface area (Å²) in [7, 11) is -3.72. The quantitative estimate of drug-likeness (QED) is 0.281. The highest BCUT2D eigenvalue weighted by Gasteiger charge is 2.18. The molecule has 0 unspecified atom stereocenters. The van der Waals surface area contributed by atoms with Crippen LogP contribution in [0.15, 0.2) is 12.1 Å². The molecular weight excluding hydrogens is 455 g/mol. The van der Waals surface area contributed by atoms with Crippen molar-refractivity contribution in [3.8, 4) is 0 Å². The number of nitrogens with one attached hydrogen (secondary N) is 2. The molecule has 0 fully saturated rings. The average molecular weight is 486 g/mol. The largest absolute Gasteiger partial charge is 0.323 e. The van der Waals surface area contributed by atoms with Crippen molar-refractivity contribution in [3.05, 3.63) is 27.2 Å². The summed E-state index contributed by atoms with van der Waals surface area (Å²) in [6.45, 7) is 2.54. The molecule has 9 heteroatoms. The predicted molar refractivity (Wildman–Crippen MR) is 124 cm³/mol. The van der Waals surface area contributed by atoms with Gasteiger partial charge in [0.2, 0.25) is 15.9 Å². The van der Waals surface area contributed by atoms with Crippen LogP contribution < -0.4 is 10.0 Å². The summed E-state index contributed by atoms with van der Waals surface area (Å²) in [6, 6.07) is 2.84. The van der Waals surface area contributed by atoms with E-state index in [4.69, 9.17) is 34.8 Å². The lowest BCUT2D eigenvalue weighted by atomic mass is 10.1. The van der Waals surface area contributed by atoms with E-state index in [-0.39, 0.29) is 15.7 Å². The van der Waals surface area contributed by atoms with Crippen LogP contribution >= 0.6 is 34.8 Å². The molecule has 0 heterocycles. The molecule has 0 aliphatic carbocycles. The molecule has 0 radical (unpaired) electrons. The van der Waals surface area contributed by atoms with Crippen LogP contribution in [0.5, 0.6) is 0 Å². The number of rotatable bonds is 15. The highest BCUT2D eigenvalue weighted by Crippen LogP contribution is 2.33. The van der Waals surface area contributed by atoms with Crippen LogP contribution in [-0.2, 0) is 14.8 Å². The van der Waals surface area contributed by atoms with Gasteiger partial charge in [-0.05, 0) is 18.6 Å². The topological polar surface area (TPSA) is 75.3 Å². The third-order valence-corrected chi connectivity index (χ3v) is 6.55. The molecule has 0 saturated carbocycles. The van der Waals surface area contributed by atoms with Gasteiger partial charge in [-0.25, -0.2) is 13.1 Å². The van der Waals surface area contributed by atoms with E-state index in [1.54, 1.807) is 0 Å². The van der Waals surface area contributed by atoms with Crippen molar-refractivity contribution < 1.29 is 13.2 Å². The summed E-state index contributed by atoms with van der Waals surface area (Å²) in [5.41, 5.74) is 0.146. The number of halogens is 3. The van der Waals surface area contributed by atoms with E-state index in [2.05, 4.69) is 17.0 Å². The van der Waals surface area contributed by atoms with Gasteiger partial charge < -0.3 is 5.32 Å². The first-order valence-corrected chi connectivity index (χ1v) is 13.0. The zero-order chi connectivity index (χ0) is 21.7. The maximum absolute atomic E-state index is 12.1. The number of unbranched alkanes of at least 4 members (excludes halogenated alkanes) is 9. The minimum Gasteiger partial charge on any atom is -0.323 e. The van der Waals surface area contributed by atoms with Gasteiger partial charge in [-0.2, -0.15) is 0 Å². The molecule has 0 atom stereocenters. The molecule has 0 bridgehead atoms. The molecule has 0 aliphatic rings. The van der Waals surface area contributed by atoms with E-state index in [1.165, 1.54) is 57.1 Å². The smallest absolute Gasteiger partial charge is 0.241 e. The minimum absolute atomic E-state index is 0.145. The molecule has 166 valence electrons. The van der Waals surface area contributed by atoms with Crippen LogP contribution in [0.2, 0.25) is 15.1 Å². The van der Waals surface area contributed by atoms with Crippen LogP contribution in [0, 0.1) is 0 Å². The molecule has 1 amide bonds. The van der Waals surface area contributed by atoms with Gasteiger partial charge in [0.05, 0.1) is 15.7 Å². The number of benzene rings is 1. The van der Waals surface area contributed by atoms with Crippen molar-refractivity contribution in [2.24, 2.45) is 0 Å². The second-order valence-corrected chi connectivity index (χ2v) is 10.2. The first-order chi connectivity index (χ1) is 13.7. The zero-order valence-electron chi connectivity index (χ0n) is 16.9. The zero-order valence-corrected chi connectivity index (χ0v) is 20.0. The molecule has 0 aromatic heterocycles. The number of carbonyl (C=O) groups is 1. The lowest BCUT2D eigenvalue weighted by molar-refractivity contribution is -0.113. The van der Waals surface area contributed by atoms with Crippen molar-refractivity contribution >= 4 is 56.4 Å². The Labute approximate surface area is 189 Å². The van der Waals surface area contributed by atoms with E-state index >= 15 is 0 Å². The minimum atomic E-state index is -3.72. The third kappa shape index (κ3) is 12.0. The second kappa shape index (κ2) is 14.5. The number of sulfonamides is 1. The van der Waals surface area contributed by atoms with Crippen molar-refractivity contribution in [3.63, 3.8) is 0 Å². The van der Waals surface area contributed by atoms with Gasteiger partial charge in [-0.1, -0.05) is 99.5 Å². The van der Waals surface area contributed by atoms with Crippen LogP contribution in [0.25, 0.3) is 0 Å². The first kappa shape index (κ1) is 26.5. The molecule has 5 nitrogen and oxygen atoms in total. The lowest BCUT2D eigenvalue weighted by Gasteiger charge is -2.11. The van der Waals surface area contributed by atoms with Crippen LogP contribution in [0.3, 0.4) is 0 Å². The number of anilines is 1. The third-order valence-electron chi connectivity index (χ3n) is 4.44. The summed E-state index contributed by atoms with van der Waals surface area (Å²) >= 11 is 17.8. The Morgan fingerprint density at radius 2 is 1.34 bits per heavy atom. The van der Waals surface area contributed by atoms with E-state index in [0.717, 1.165) is 19.3 Å². The average Bonchev–Trinajstić information content (AvgIpc) is 2.62. The molecule has 1 rings (SSSR count). The van der Waals surface area contributed by atoms with Crippen molar-refractivity contribution in [2.75, 3.05) is 17.6 Å². The highest BCUT2D eigenvalue weighted by atomic mass is 35.5. The van der Waals surface area contributed by atoms with Gasteiger partial charge in [0.1, 0.15) is 5.75 Å². The monoisotopic (exact) mass is 484 g/mol. The van der Waals surface area contributed by atoms with E-state index < -0.39 is 21.7 Å². The molecule has 2 N–H and O–H groups in total. The summed E-state index contributed by atoms with van der Waals surface area (Å²) in [5.74, 6) is -1.41. The second-order valence-electron chi connectivity index (χ2n) is 7.13. The Kier molecular flexibility index (Phi) is 13.2. The van der Waals surface area contributed by atoms with E-state index in [9.17, 15) is 13.2 Å². The van der Waals surface area contributed by atoms with E-state index in [1.807, 2.05) is 0 Å². The Morgan fingerprint density at radius 1 is 0.862 bits per heavy atom. The van der Waals surface area contributed by atoms with Gasteiger partial charge in [0.25, 0.3) is 0 Å². The van der Waals surface area contributed by atoms with Crippen LogP contribution in [0.4, 0.5) is 5.69 Å².